The normalized spacial score (nSPS) is 8.00. The quantitative estimate of drug-likeness (QED) is 0.313. The summed E-state index contributed by atoms with van der Waals surface area (Å²) < 4.78 is 0. The number of nitrogens with one attached hydrogen (secondary N) is 1. The molecule has 0 unspecified atom stereocenters. The zero-order valence-electron chi connectivity index (χ0n) is 10.6. The van der Waals surface area contributed by atoms with Crippen molar-refractivity contribution in [3.8, 4) is 0 Å². The summed E-state index contributed by atoms with van der Waals surface area (Å²) >= 11 is 0. The minimum atomic E-state index is -1.22. The van der Waals surface area contributed by atoms with Crippen molar-refractivity contribution in [1.29, 1.82) is 0 Å². The van der Waals surface area contributed by atoms with Crippen LogP contribution in [-0.2, 0) is 19.2 Å². The van der Waals surface area contributed by atoms with Crippen molar-refractivity contribution < 1.29 is 91.4 Å². The Balaban J connectivity index is -0.000000120. The summed E-state index contributed by atoms with van der Waals surface area (Å²) in [4.78, 5) is 34.7. The maximum Gasteiger partial charge on any atom is 1.00 e. The fourth-order valence-electron chi connectivity index (χ4n) is 0.450. The molecule has 0 aromatic rings. The Kier molecular flexibility index (Phi) is 17.2. The number of carbonyl (C=O) groups is 3. The predicted molar refractivity (Wildman–Crippen MR) is 40.8 cm³/mol. The van der Waals surface area contributed by atoms with E-state index in [0.29, 0.717) is 0 Å². The number of carboxylic acid groups (broad SMARTS) is 2. The van der Waals surface area contributed by atoms with Gasteiger partial charge < -0.3 is 13.1 Å². The average molecular weight is 239 g/mol. The van der Waals surface area contributed by atoms with Crippen molar-refractivity contribution in [2.75, 3.05) is 6.61 Å². The van der Waals surface area contributed by atoms with Crippen LogP contribution in [-0.4, -0.2) is 34.7 Å². The van der Waals surface area contributed by atoms with Crippen LogP contribution >= 0.6 is 0 Å². The fraction of sp³-hybridized carbons (Fsp3) is 0.500. The molecule has 0 aliphatic heterocycles. The second kappa shape index (κ2) is 12.4. The largest absolute Gasteiger partial charge is 1.00 e. The molecule has 3 N–H and O–H groups in total. The molecular formula is C6H11NNa2O6. The molecule has 0 saturated heterocycles. The van der Waals surface area contributed by atoms with Crippen LogP contribution in [0.25, 0.3) is 0 Å². The molecule has 0 aromatic heterocycles. The van der Waals surface area contributed by atoms with Crippen LogP contribution in [0.1, 0.15) is 15.7 Å². The van der Waals surface area contributed by atoms with Crippen molar-refractivity contribution in [1.82, 2.24) is 5.48 Å². The van der Waals surface area contributed by atoms with E-state index in [4.69, 9.17) is 10.2 Å². The number of carbonyl (C=O) groups excluding carboxylic acids is 1. The third-order valence-corrected chi connectivity index (χ3v) is 0.948. The molecule has 7 nitrogen and oxygen atoms in total. The van der Waals surface area contributed by atoms with Crippen LogP contribution in [0.3, 0.4) is 0 Å². The van der Waals surface area contributed by atoms with Crippen LogP contribution in [0.5, 0.6) is 0 Å². The van der Waals surface area contributed by atoms with E-state index in [-0.39, 0.29) is 74.8 Å². The van der Waals surface area contributed by atoms with E-state index in [0.717, 1.165) is 0 Å². The Morgan fingerprint density at radius 3 is 2.00 bits per heavy atom. The van der Waals surface area contributed by atoms with Crippen LogP contribution in [0.2, 0.25) is 0 Å². The standard InChI is InChI=1S/C6H9NO6.2Na.2H/c8-4(1-2-5(9)10)7-13-3-6(11)12;;;;/h1-3H2,(H,7,8)(H,9,10)(H,11,12);;;;/q;2*+1;2*-1. The number of carboxylic acids is 2. The van der Waals surface area contributed by atoms with E-state index in [1.807, 2.05) is 0 Å². The number of amides is 1. The van der Waals surface area contributed by atoms with E-state index in [1.165, 1.54) is 0 Å². The maximum absolute atomic E-state index is 10.6. The first-order chi connectivity index (χ1) is 6.02. The second-order valence-corrected chi connectivity index (χ2v) is 2.10. The minimum Gasteiger partial charge on any atom is -1.00 e. The number of hydroxylamine groups is 1. The molecule has 0 bridgehead atoms. The third kappa shape index (κ3) is 17.0. The smallest absolute Gasteiger partial charge is 1.00 e. The Morgan fingerprint density at radius 1 is 1.07 bits per heavy atom. The van der Waals surface area contributed by atoms with Crippen molar-refractivity contribution in [3.05, 3.63) is 0 Å². The Morgan fingerprint density at radius 2 is 1.60 bits per heavy atom. The van der Waals surface area contributed by atoms with Gasteiger partial charge in [-0.3, -0.25) is 14.4 Å². The monoisotopic (exact) mass is 239 g/mol. The first kappa shape index (κ1) is 20.7. The van der Waals surface area contributed by atoms with Gasteiger partial charge in [0.1, 0.15) is 0 Å². The molecule has 0 atom stereocenters. The van der Waals surface area contributed by atoms with Gasteiger partial charge in [-0.15, -0.1) is 0 Å². The van der Waals surface area contributed by atoms with Crippen molar-refractivity contribution >= 4 is 17.8 Å². The third-order valence-electron chi connectivity index (χ3n) is 0.948. The molecule has 15 heavy (non-hydrogen) atoms. The minimum absolute atomic E-state index is 0. The van der Waals surface area contributed by atoms with Gasteiger partial charge in [0.05, 0.1) is 6.42 Å². The molecule has 0 saturated carbocycles. The van der Waals surface area contributed by atoms with Gasteiger partial charge in [0, 0.05) is 6.42 Å². The second-order valence-electron chi connectivity index (χ2n) is 2.10. The Bertz CT molecular complexity index is 231. The Hall–Kier alpha value is 0.370. The molecule has 0 heterocycles. The number of rotatable bonds is 6. The van der Waals surface area contributed by atoms with Crippen LogP contribution in [0.15, 0.2) is 0 Å². The molecule has 0 aromatic carbocycles. The first-order valence-corrected chi connectivity index (χ1v) is 3.36. The van der Waals surface area contributed by atoms with Gasteiger partial charge in [-0.05, 0) is 0 Å². The van der Waals surface area contributed by atoms with Gasteiger partial charge in [0.15, 0.2) is 6.61 Å². The SMILES string of the molecule is O=C(O)CCC(=O)NOCC(=O)O.[H-].[H-].[Na+].[Na+]. The molecule has 0 rings (SSSR count). The summed E-state index contributed by atoms with van der Waals surface area (Å²) in [5.41, 5.74) is 1.79. The molecule has 0 aliphatic carbocycles. The Labute approximate surface area is 133 Å². The molecule has 0 fully saturated rings. The number of hydrogen-bond acceptors (Lipinski definition) is 4. The molecule has 1 amide bonds. The fourth-order valence-corrected chi connectivity index (χ4v) is 0.450. The van der Waals surface area contributed by atoms with E-state index in [2.05, 4.69) is 4.84 Å². The predicted octanol–water partition coefficient (Wildman–Crippen LogP) is -6.78. The molecule has 0 radical (unpaired) electrons. The molecule has 0 aliphatic rings. The van der Waals surface area contributed by atoms with E-state index >= 15 is 0 Å². The topological polar surface area (TPSA) is 113 Å². The van der Waals surface area contributed by atoms with E-state index < -0.39 is 24.5 Å². The summed E-state index contributed by atoms with van der Waals surface area (Å²) in [6, 6.07) is 0. The van der Waals surface area contributed by atoms with Crippen molar-refractivity contribution in [2.45, 2.75) is 12.8 Å². The van der Waals surface area contributed by atoms with Gasteiger partial charge in [0.25, 0.3) is 0 Å². The summed E-state index contributed by atoms with van der Waals surface area (Å²) in [6.45, 7) is -0.654. The summed E-state index contributed by atoms with van der Waals surface area (Å²) in [5, 5.41) is 16.2. The maximum atomic E-state index is 10.6. The number of hydrogen-bond donors (Lipinski definition) is 3. The molecule has 0 spiro atoms. The summed E-state index contributed by atoms with van der Waals surface area (Å²) in [7, 11) is 0. The molecule has 9 heteroatoms. The van der Waals surface area contributed by atoms with Crippen LogP contribution in [0.4, 0.5) is 0 Å². The summed E-state index contributed by atoms with van der Waals surface area (Å²) in [6.07, 6.45) is -0.558. The zero-order chi connectivity index (χ0) is 10.3. The van der Waals surface area contributed by atoms with Gasteiger partial charge in [-0.1, -0.05) is 0 Å². The number of aliphatic carboxylic acids is 2. The van der Waals surface area contributed by atoms with E-state index in [1.54, 1.807) is 5.48 Å². The average Bonchev–Trinajstić information content (AvgIpc) is 2.00. The van der Waals surface area contributed by atoms with Gasteiger partial charge in [0.2, 0.25) is 5.91 Å². The van der Waals surface area contributed by atoms with Crippen LogP contribution < -0.4 is 64.6 Å². The van der Waals surface area contributed by atoms with Crippen molar-refractivity contribution in [2.24, 2.45) is 0 Å². The first-order valence-electron chi connectivity index (χ1n) is 3.36. The zero-order valence-corrected chi connectivity index (χ0v) is 12.6. The van der Waals surface area contributed by atoms with Crippen LogP contribution in [0, 0.1) is 0 Å². The summed E-state index contributed by atoms with van der Waals surface area (Å²) in [5.74, 6) is -2.99. The molecule has 78 valence electrons. The van der Waals surface area contributed by atoms with Gasteiger partial charge in [-0.25, -0.2) is 10.3 Å². The van der Waals surface area contributed by atoms with Gasteiger partial charge in [-0.2, -0.15) is 0 Å². The van der Waals surface area contributed by atoms with Crippen molar-refractivity contribution in [3.63, 3.8) is 0 Å². The van der Waals surface area contributed by atoms with Gasteiger partial charge >= 0.3 is 71.1 Å². The molecular weight excluding hydrogens is 228 g/mol. The van der Waals surface area contributed by atoms with E-state index in [9.17, 15) is 14.4 Å².